The van der Waals surface area contributed by atoms with Crippen LogP contribution in [0.3, 0.4) is 0 Å². The van der Waals surface area contributed by atoms with E-state index in [1.54, 1.807) is 0 Å². The molecule has 1 aromatic rings. The number of anilines is 1. The third kappa shape index (κ3) is 3.82. The van der Waals surface area contributed by atoms with E-state index in [9.17, 15) is 4.79 Å². The zero-order chi connectivity index (χ0) is 20.6. The fourth-order valence-corrected chi connectivity index (χ4v) is 6.43. The minimum atomic E-state index is -0.0188. The molecule has 0 amide bonds. The molecule has 4 aliphatic rings. The molecule has 1 N–H and O–H groups in total. The van der Waals surface area contributed by atoms with E-state index in [-0.39, 0.29) is 17.4 Å². The van der Waals surface area contributed by atoms with E-state index < -0.39 is 0 Å². The van der Waals surface area contributed by atoms with Gasteiger partial charge in [0.2, 0.25) is 5.95 Å². The number of rotatable bonds is 5. The normalized spacial score (nSPS) is 35.0. The van der Waals surface area contributed by atoms with E-state index in [0.717, 1.165) is 31.4 Å². The Morgan fingerprint density at radius 3 is 2.67 bits per heavy atom. The van der Waals surface area contributed by atoms with Crippen molar-refractivity contribution >= 4 is 11.9 Å². The quantitative estimate of drug-likeness (QED) is 0.742. The first-order valence-corrected chi connectivity index (χ1v) is 11.9. The lowest BCUT2D eigenvalue weighted by Crippen LogP contribution is -2.61. The van der Waals surface area contributed by atoms with E-state index in [1.807, 2.05) is 25.4 Å². The molecule has 4 heterocycles. The van der Waals surface area contributed by atoms with Crippen LogP contribution in [0.15, 0.2) is 18.5 Å². The van der Waals surface area contributed by atoms with Crippen molar-refractivity contribution in [2.24, 2.45) is 11.8 Å². The molecule has 3 saturated heterocycles. The van der Waals surface area contributed by atoms with Gasteiger partial charge in [0.1, 0.15) is 0 Å². The predicted octanol–water partition coefficient (Wildman–Crippen LogP) is 2.23. The molecule has 7 nitrogen and oxygen atoms in total. The molecule has 30 heavy (non-hydrogen) atoms. The van der Waals surface area contributed by atoms with Gasteiger partial charge >= 0.3 is 5.97 Å². The van der Waals surface area contributed by atoms with Crippen LogP contribution in [0.5, 0.6) is 0 Å². The largest absolute Gasteiger partial charge is 0.466 e. The van der Waals surface area contributed by atoms with Crippen molar-refractivity contribution in [1.29, 1.82) is 0 Å². The Morgan fingerprint density at radius 2 is 1.93 bits per heavy atom. The molecule has 7 heteroatoms. The highest BCUT2D eigenvalue weighted by atomic mass is 16.5. The van der Waals surface area contributed by atoms with E-state index >= 15 is 0 Å². The fraction of sp³-hybridized carbons (Fsp3) is 0.783. The van der Waals surface area contributed by atoms with Crippen LogP contribution in [0.1, 0.15) is 51.9 Å². The van der Waals surface area contributed by atoms with Crippen molar-refractivity contribution in [1.82, 2.24) is 20.2 Å². The first kappa shape index (κ1) is 20.2. The van der Waals surface area contributed by atoms with Crippen LogP contribution in [0.25, 0.3) is 0 Å². The van der Waals surface area contributed by atoms with E-state index in [2.05, 4.69) is 25.1 Å². The Bertz CT molecular complexity index is 730. The third-order valence-electron chi connectivity index (χ3n) is 7.98. The molecule has 1 saturated carbocycles. The number of carbonyl (C=O) groups is 1. The molecule has 4 fully saturated rings. The monoisotopic (exact) mass is 413 g/mol. The predicted molar refractivity (Wildman–Crippen MR) is 115 cm³/mol. The molecule has 2 atom stereocenters. The van der Waals surface area contributed by atoms with Crippen LogP contribution in [0.4, 0.5) is 5.95 Å². The van der Waals surface area contributed by atoms with Gasteiger partial charge in [-0.2, -0.15) is 0 Å². The van der Waals surface area contributed by atoms with Gasteiger partial charge in [-0.1, -0.05) is 0 Å². The second kappa shape index (κ2) is 8.42. The highest BCUT2D eigenvalue weighted by Gasteiger charge is 2.52. The maximum absolute atomic E-state index is 12.1. The summed E-state index contributed by atoms with van der Waals surface area (Å²) in [5.74, 6) is 1.69. The van der Waals surface area contributed by atoms with Crippen LogP contribution in [0.2, 0.25) is 0 Å². The first-order valence-electron chi connectivity index (χ1n) is 11.9. The minimum absolute atomic E-state index is 0.0188. The lowest BCUT2D eigenvalue weighted by Gasteiger charge is -2.52. The van der Waals surface area contributed by atoms with Gasteiger partial charge in [0.05, 0.1) is 12.5 Å². The highest BCUT2D eigenvalue weighted by Crippen LogP contribution is 2.45. The molecule has 5 rings (SSSR count). The first-order chi connectivity index (χ1) is 14.7. The van der Waals surface area contributed by atoms with Gasteiger partial charge in [0.25, 0.3) is 0 Å². The van der Waals surface area contributed by atoms with Crippen molar-refractivity contribution in [3.8, 4) is 0 Å². The van der Waals surface area contributed by atoms with Crippen molar-refractivity contribution < 1.29 is 9.53 Å². The van der Waals surface area contributed by atoms with E-state index in [0.29, 0.717) is 18.7 Å². The maximum atomic E-state index is 12.1. The Labute approximate surface area is 179 Å². The van der Waals surface area contributed by atoms with Crippen LogP contribution in [-0.4, -0.2) is 71.2 Å². The summed E-state index contributed by atoms with van der Waals surface area (Å²) in [4.78, 5) is 26.2. The van der Waals surface area contributed by atoms with Gasteiger partial charge in [-0.15, -0.1) is 0 Å². The van der Waals surface area contributed by atoms with Crippen molar-refractivity contribution in [3.05, 3.63) is 18.5 Å². The van der Waals surface area contributed by atoms with Crippen molar-refractivity contribution in [3.63, 3.8) is 0 Å². The van der Waals surface area contributed by atoms with Gasteiger partial charge in [-0.3, -0.25) is 4.79 Å². The minimum Gasteiger partial charge on any atom is -0.466 e. The van der Waals surface area contributed by atoms with E-state index in [1.165, 1.54) is 51.6 Å². The molecule has 164 valence electrons. The van der Waals surface area contributed by atoms with Gasteiger partial charge in [-0.05, 0) is 76.9 Å². The standard InChI is InChI=1S/C23H35N5O2/c1-2-30-21(29)18-13-23(26-16-18)14-19(15-23)27-11-6-17(7-12-27)20-5-3-10-28(20)22-24-8-4-9-25-22/h4,8-9,17-20,26H,2-3,5-7,10-16H2,1H3/t18?,19?,20-,23?/m0/s1. The van der Waals surface area contributed by atoms with Gasteiger partial charge in [-0.25, -0.2) is 9.97 Å². The number of hydrogen-bond acceptors (Lipinski definition) is 7. The number of hydrogen-bond donors (Lipinski definition) is 1. The topological polar surface area (TPSA) is 70.6 Å². The second-order valence-electron chi connectivity index (χ2n) is 9.70. The molecular formula is C23H35N5O2. The Morgan fingerprint density at radius 1 is 1.17 bits per heavy atom. The van der Waals surface area contributed by atoms with Crippen molar-refractivity contribution in [2.75, 3.05) is 37.7 Å². The number of ether oxygens (including phenoxy) is 1. The molecular weight excluding hydrogens is 378 g/mol. The summed E-state index contributed by atoms with van der Waals surface area (Å²) >= 11 is 0. The number of carbonyl (C=O) groups excluding carboxylic acids is 1. The number of piperidine rings is 1. The summed E-state index contributed by atoms with van der Waals surface area (Å²) in [5.41, 5.74) is 0.186. The van der Waals surface area contributed by atoms with Crippen LogP contribution < -0.4 is 10.2 Å². The summed E-state index contributed by atoms with van der Waals surface area (Å²) in [6.45, 7) is 6.64. The molecule has 0 bridgehead atoms. The number of nitrogens with zero attached hydrogens (tertiary/aromatic N) is 4. The summed E-state index contributed by atoms with van der Waals surface area (Å²) in [6, 6.07) is 3.17. The van der Waals surface area contributed by atoms with Gasteiger partial charge < -0.3 is 19.9 Å². The molecule has 1 aromatic heterocycles. The molecule has 1 spiro atoms. The molecule has 1 aliphatic carbocycles. The molecule has 1 unspecified atom stereocenters. The van der Waals surface area contributed by atoms with Crippen molar-refractivity contribution in [2.45, 2.75) is 69.5 Å². The zero-order valence-electron chi connectivity index (χ0n) is 18.1. The average Bonchev–Trinajstić information content (AvgIpc) is 3.42. The molecule has 0 radical (unpaired) electrons. The average molecular weight is 414 g/mol. The highest BCUT2D eigenvalue weighted by molar-refractivity contribution is 5.73. The third-order valence-corrected chi connectivity index (χ3v) is 7.98. The lowest BCUT2D eigenvalue weighted by atomic mass is 9.69. The summed E-state index contributed by atoms with van der Waals surface area (Å²) in [5, 5.41) is 3.66. The van der Waals surface area contributed by atoms with E-state index in [4.69, 9.17) is 4.74 Å². The van der Waals surface area contributed by atoms with Gasteiger partial charge in [0.15, 0.2) is 0 Å². The SMILES string of the molecule is CCOC(=O)C1CNC2(C1)CC(N1CCC([C@@H]3CCCN3c3ncccn3)CC1)C2. The smallest absolute Gasteiger partial charge is 0.310 e. The number of esters is 1. The molecule has 3 aliphatic heterocycles. The van der Waals surface area contributed by atoms with Crippen LogP contribution in [-0.2, 0) is 9.53 Å². The fourth-order valence-electron chi connectivity index (χ4n) is 6.43. The van der Waals surface area contributed by atoms with Crippen LogP contribution >= 0.6 is 0 Å². The number of aromatic nitrogens is 2. The maximum Gasteiger partial charge on any atom is 0.310 e. The number of likely N-dealkylation sites (tertiary alicyclic amines) is 1. The Balaban J connectivity index is 1.11. The Kier molecular flexibility index (Phi) is 5.67. The molecule has 0 aromatic carbocycles. The zero-order valence-corrected chi connectivity index (χ0v) is 18.1. The second-order valence-corrected chi connectivity index (χ2v) is 9.70. The number of nitrogens with one attached hydrogen (secondary N) is 1. The van der Waals surface area contributed by atoms with Crippen LogP contribution in [0, 0.1) is 11.8 Å². The summed E-state index contributed by atoms with van der Waals surface area (Å²) in [6.07, 6.45) is 12.1. The summed E-state index contributed by atoms with van der Waals surface area (Å²) in [7, 11) is 0. The Hall–Kier alpha value is -1.73. The lowest BCUT2D eigenvalue weighted by molar-refractivity contribution is -0.147. The summed E-state index contributed by atoms with van der Waals surface area (Å²) < 4.78 is 5.23. The van der Waals surface area contributed by atoms with Gasteiger partial charge in [0, 0.05) is 43.1 Å².